The van der Waals surface area contributed by atoms with Gasteiger partial charge in [-0.1, -0.05) is 18.2 Å². The number of ether oxygens (including phenoxy) is 1. The van der Waals surface area contributed by atoms with Crippen molar-refractivity contribution in [1.29, 1.82) is 0 Å². The maximum absolute atomic E-state index is 5.84. The fourth-order valence-electron chi connectivity index (χ4n) is 3.21. The van der Waals surface area contributed by atoms with Gasteiger partial charge >= 0.3 is 0 Å². The second kappa shape index (κ2) is 4.11. The monoisotopic (exact) mass is 243 g/mol. The van der Waals surface area contributed by atoms with E-state index in [1.54, 1.807) is 0 Å². The Hall–Kier alpha value is -1.32. The molecule has 0 spiro atoms. The molecule has 4 rings (SSSR count). The summed E-state index contributed by atoms with van der Waals surface area (Å²) < 4.78 is 11.6. The van der Waals surface area contributed by atoms with Crippen LogP contribution in [0.15, 0.2) is 34.7 Å². The minimum Gasteiger partial charge on any atom is -0.460 e. The van der Waals surface area contributed by atoms with Crippen LogP contribution in [-0.2, 0) is 11.3 Å². The number of furan rings is 1. The first-order chi connectivity index (χ1) is 8.88. The van der Waals surface area contributed by atoms with E-state index >= 15 is 0 Å². The zero-order valence-electron chi connectivity index (χ0n) is 10.3. The van der Waals surface area contributed by atoms with Crippen LogP contribution in [0.3, 0.4) is 0 Å². The summed E-state index contributed by atoms with van der Waals surface area (Å²) in [5.41, 5.74) is 0.971. The number of hydrogen-bond donors (Lipinski definition) is 1. The van der Waals surface area contributed by atoms with E-state index in [0.717, 1.165) is 24.3 Å². The predicted molar refractivity (Wildman–Crippen MR) is 69.4 cm³/mol. The Morgan fingerprint density at radius 3 is 2.94 bits per heavy atom. The largest absolute Gasteiger partial charge is 0.460 e. The summed E-state index contributed by atoms with van der Waals surface area (Å²) in [7, 11) is 0. The highest BCUT2D eigenvalue weighted by molar-refractivity contribution is 5.77. The molecule has 2 aliphatic heterocycles. The molecule has 3 nitrogen and oxygen atoms in total. The van der Waals surface area contributed by atoms with Gasteiger partial charge in [-0.05, 0) is 31.4 Å². The Morgan fingerprint density at radius 2 is 2.17 bits per heavy atom. The summed E-state index contributed by atoms with van der Waals surface area (Å²) in [6, 6.07) is 10.8. The molecule has 0 saturated carbocycles. The zero-order valence-corrected chi connectivity index (χ0v) is 10.3. The van der Waals surface area contributed by atoms with Crippen molar-refractivity contribution in [3.05, 3.63) is 36.1 Å². The van der Waals surface area contributed by atoms with Crippen LogP contribution in [0.25, 0.3) is 11.0 Å². The van der Waals surface area contributed by atoms with Crippen molar-refractivity contribution in [1.82, 2.24) is 5.32 Å². The van der Waals surface area contributed by atoms with Crippen molar-refractivity contribution in [3.63, 3.8) is 0 Å². The van der Waals surface area contributed by atoms with Crippen LogP contribution in [0.2, 0.25) is 0 Å². The van der Waals surface area contributed by atoms with Gasteiger partial charge in [0.05, 0.1) is 18.8 Å². The first-order valence-electron chi connectivity index (χ1n) is 6.75. The molecule has 1 aromatic carbocycles. The topological polar surface area (TPSA) is 34.4 Å². The van der Waals surface area contributed by atoms with Crippen molar-refractivity contribution in [2.24, 2.45) is 0 Å². The molecular weight excluding hydrogens is 226 g/mol. The Bertz CT molecular complexity index is 529. The van der Waals surface area contributed by atoms with Gasteiger partial charge in [-0.3, -0.25) is 0 Å². The molecule has 3 unspecified atom stereocenters. The van der Waals surface area contributed by atoms with E-state index in [1.807, 2.05) is 18.2 Å². The van der Waals surface area contributed by atoms with Gasteiger partial charge in [0.15, 0.2) is 0 Å². The van der Waals surface area contributed by atoms with Crippen LogP contribution in [-0.4, -0.2) is 18.2 Å². The average molecular weight is 243 g/mol. The summed E-state index contributed by atoms with van der Waals surface area (Å²) in [6.07, 6.45) is 4.54. The highest BCUT2D eigenvalue weighted by Gasteiger charge is 2.40. The van der Waals surface area contributed by atoms with E-state index in [0.29, 0.717) is 18.2 Å². The van der Waals surface area contributed by atoms with Gasteiger partial charge in [0, 0.05) is 11.4 Å². The molecule has 2 aromatic rings. The van der Waals surface area contributed by atoms with E-state index in [4.69, 9.17) is 9.15 Å². The Labute approximate surface area is 106 Å². The smallest absolute Gasteiger partial charge is 0.134 e. The fraction of sp³-hybridized carbons (Fsp3) is 0.467. The molecule has 1 aromatic heterocycles. The maximum atomic E-state index is 5.84. The Morgan fingerprint density at radius 1 is 1.22 bits per heavy atom. The molecule has 3 heteroatoms. The minimum absolute atomic E-state index is 0.430. The van der Waals surface area contributed by atoms with Crippen LogP contribution in [0.1, 0.15) is 25.0 Å². The van der Waals surface area contributed by atoms with Crippen LogP contribution >= 0.6 is 0 Å². The second-order valence-electron chi connectivity index (χ2n) is 5.35. The number of para-hydroxylation sites is 1. The summed E-state index contributed by atoms with van der Waals surface area (Å²) in [5, 5.41) is 4.75. The number of rotatable bonds is 3. The molecule has 2 saturated heterocycles. The van der Waals surface area contributed by atoms with Crippen molar-refractivity contribution in [2.45, 2.75) is 44.1 Å². The minimum atomic E-state index is 0.430. The van der Waals surface area contributed by atoms with Crippen LogP contribution in [0.4, 0.5) is 0 Å². The molecule has 2 bridgehead atoms. The van der Waals surface area contributed by atoms with E-state index in [-0.39, 0.29) is 0 Å². The quantitative estimate of drug-likeness (QED) is 0.900. The van der Waals surface area contributed by atoms with E-state index in [1.165, 1.54) is 18.2 Å². The molecule has 2 fully saturated rings. The number of benzene rings is 1. The molecule has 0 aliphatic carbocycles. The zero-order chi connectivity index (χ0) is 11.9. The van der Waals surface area contributed by atoms with Gasteiger partial charge in [-0.2, -0.15) is 0 Å². The molecule has 3 atom stereocenters. The molecule has 18 heavy (non-hydrogen) atoms. The average Bonchev–Trinajstić information content (AvgIpc) is 3.10. The normalized spacial score (nSPS) is 30.3. The van der Waals surface area contributed by atoms with E-state index in [2.05, 4.69) is 17.4 Å². The molecule has 0 radical (unpaired) electrons. The van der Waals surface area contributed by atoms with Crippen molar-refractivity contribution < 1.29 is 9.15 Å². The van der Waals surface area contributed by atoms with Crippen LogP contribution < -0.4 is 5.32 Å². The van der Waals surface area contributed by atoms with Gasteiger partial charge in [-0.15, -0.1) is 0 Å². The Balaban J connectivity index is 1.45. The third kappa shape index (κ3) is 1.74. The van der Waals surface area contributed by atoms with E-state index < -0.39 is 0 Å². The standard InChI is InChI=1S/C15H17NO2/c1-2-4-14-10(3-1)7-12(18-14)9-16-13-8-11-5-6-15(13)17-11/h1-4,7,11,13,15-16H,5-6,8-9H2. The molecule has 94 valence electrons. The lowest BCUT2D eigenvalue weighted by molar-refractivity contribution is 0.0971. The summed E-state index contributed by atoms with van der Waals surface area (Å²) in [5.74, 6) is 1.01. The van der Waals surface area contributed by atoms with Gasteiger partial charge in [0.25, 0.3) is 0 Å². The van der Waals surface area contributed by atoms with Gasteiger partial charge in [0.2, 0.25) is 0 Å². The summed E-state index contributed by atoms with van der Waals surface area (Å²) >= 11 is 0. The van der Waals surface area contributed by atoms with Gasteiger partial charge in [0.1, 0.15) is 11.3 Å². The molecule has 0 amide bonds. The SMILES string of the molecule is c1ccc2oc(CNC3CC4CCC3O4)cc2c1. The van der Waals surface area contributed by atoms with Crippen LogP contribution in [0.5, 0.6) is 0 Å². The second-order valence-corrected chi connectivity index (χ2v) is 5.35. The molecule has 1 N–H and O–H groups in total. The first-order valence-corrected chi connectivity index (χ1v) is 6.75. The molecular formula is C15H17NO2. The predicted octanol–water partition coefficient (Wildman–Crippen LogP) is 2.84. The van der Waals surface area contributed by atoms with Crippen molar-refractivity contribution >= 4 is 11.0 Å². The van der Waals surface area contributed by atoms with Gasteiger partial charge < -0.3 is 14.5 Å². The number of hydrogen-bond acceptors (Lipinski definition) is 3. The summed E-state index contributed by atoms with van der Waals surface area (Å²) in [4.78, 5) is 0. The highest BCUT2D eigenvalue weighted by atomic mass is 16.5. The molecule has 3 heterocycles. The lowest BCUT2D eigenvalue weighted by Gasteiger charge is -2.19. The Kier molecular flexibility index (Phi) is 2.42. The maximum Gasteiger partial charge on any atom is 0.134 e. The third-order valence-electron chi connectivity index (χ3n) is 4.12. The van der Waals surface area contributed by atoms with Gasteiger partial charge in [-0.25, -0.2) is 0 Å². The fourth-order valence-corrected chi connectivity index (χ4v) is 3.21. The third-order valence-corrected chi connectivity index (χ3v) is 4.12. The lowest BCUT2D eigenvalue weighted by Crippen LogP contribution is -2.36. The number of nitrogens with one attached hydrogen (secondary N) is 1. The van der Waals surface area contributed by atoms with Crippen molar-refractivity contribution in [3.8, 4) is 0 Å². The number of fused-ring (bicyclic) bond motifs is 3. The molecule has 2 aliphatic rings. The van der Waals surface area contributed by atoms with Crippen LogP contribution in [0, 0.1) is 0 Å². The summed E-state index contributed by atoms with van der Waals surface area (Å²) in [6.45, 7) is 0.798. The highest BCUT2D eigenvalue weighted by Crippen LogP contribution is 2.34. The first kappa shape index (κ1) is 10.6. The van der Waals surface area contributed by atoms with Crippen molar-refractivity contribution in [2.75, 3.05) is 0 Å². The lowest BCUT2D eigenvalue weighted by atomic mass is 9.95. The van der Waals surface area contributed by atoms with E-state index in [9.17, 15) is 0 Å².